The van der Waals surface area contributed by atoms with Crippen LogP contribution in [0.25, 0.3) is 0 Å². The average molecular weight is 342 g/mol. The first kappa shape index (κ1) is 21.0. The molecule has 132 valence electrons. The van der Waals surface area contributed by atoms with Crippen LogP contribution in [0.1, 0.15) is 12.8 Å². The number of Topliss-reactive ketones (excluding diaryl/α,β-unsaturated/α-hetero) is 2. The van der Waals surface area contributed by atoms with Crippen LogP contribution in [0, 0.1) is 0 Å². The maximum atomic E-state index is 11.7. The summed E-state index contributed by atoms with van der Waals surface area (Å²) in [5.41, 5.74) is -1.83. The highest BCUT2D eigenvalue weighted by Crippen LogP contribution is 2.16. The molecule has 0 aliphatic heterocycles. The fourth-order valence-corrected chi connectivity index (χ4v) is 1.59. The van der Waals surface area contributed by atoms with Crippen LogP contribution < -0.4 is 0 Å². The molecule has 0 aromatic rings. The van der Waals surface area contributed by atoms with Gasteiger partial charge in [0.25, 0.3) is 11.8 Å². The Morgan fingerprint density at radius 2 is 0.875 bits per heavy atom. The summed E-state index contributed by atoms with van der Waals surface area (Å²) in [6.45, 7) is 0. The lowest BCUT2D eigenvalue weighted by Crippen LogP contribution is -2.32. The quantitative estimate of drug-likeness (QED) is 0.402. The van der Waals surface area contributed by atoms with Gasteiger partial charge in [-0.1, -0.05) is 0 Å². The number of ketones is 2. The number of hydrogen-bond donors (Lipinski definition) is 2. The molecule has 0 spiro atoms. The van der Waals surface area contributed by atoms with Crippen molar-refractivity contribution in [2.24, 2.45) is 0 Å². The minimum atomic E-state index is -1.77. The largest absolute Gasteiger partial charge is 0.478 e. The molecule has 0 saturated carbocycles. The zero-order chi connectivity index (χ0) is 19.2. The van der Waals surface area contributed by atoms with Crippen molar-refractivity contribution in [3.05, 3.63) is 11.1 Å². The number of nitrogens with zero attached hydrogens (tertiary/aromatic N) is 2. The number of amides is 2. The molecule has 0 fully saturated rings. The van der Waals surface area contributed by atoms with Gasteiger partial charge in [-0.2, -0.15) is 0 Å². The predicted octanol–water partition coefficient (Wildman–Crippen LogP) is -1.45. The number of carboxylic acid groups (broad SMARTS) is 2. The standard InChI is InChI=1S/C14H18N2O8/c1-15(2)11(19)9(17)5-7(13(21)22)8(14(23)24)6-10(18)12(20)16(3)4/h5-6H2,1-4H3,(H,21,22)(H,23,24)/b8-7+. The molecule has 0 aromatic carbocycles. The normalized spacial score (nSPS) is 11.2. The van der Waals surface area contributed by atoms with Crippen LogP contribution in [0.2, 0.25) is 0 Å². The number of hydrogen-bond acceptors (Lipinski definition) is 6. The lowest BCUT2D eigenvalue weighted by molar-refractivity contribution is -0.144. The number of carboxylic acids is 2. The van der Waals surface area contributed by atoms with E-state index in [1.54, 1.807) is 0 Å². The van der Waals surface area contributed by atoms with Crippen LogP contribution in [0.15, 0.2) is 11.1 Å². The van der Waals surface area contributed by atoms with Gasteiger partial charge in [0.15, 0.2) is 0 Å². The summed E-state index contributed by atoms with van der Waals surface area (Å²) in [6.07, 6.45) is -2.01. The monoisotopic (exact) mass is 342 g/mol. The lowest BCUT2D eigenvalue weighted by atomic mass is 9.97. The van der Waals surface area contributed by atoms with Gasteiger partial charge < -0.3 is 20.0 Å². The molecular formula is C14H18N2O8. The molecule has 24 heavy (non-hydrogen) atoms. The Balaban J connectivity index is 5.77. The molecule has 0 rings (SSSR count). The van der Waals surface area contributed by atoms with Gasteiger partial charge in [-0.3, -0.25) is 19.2 Å². The van der Waals surface area contributed by atoms with Gasteiger partial charge in [0.2, 0.25) is 11.6 Å². The minimum absolute atomic E-state index is 0.906. The van der Waals surface area contributed by atoms with Gasteiger partial charge in [-0.15, -0.1) is 0 Å². The van der Waals surface area contributed by atoms with Gasteiger partial charge in [0.1, 0.15) is 0 Å². The highest BCUT2D eigenvalue weighted by Gasteiger charge is 2.29. The van der Waals surface area contributed by atoms with Crippen molar-refractivity contribution in [1.29, 1.82) is 0 Å². The molecule has 0 aromatic heterocycles. The second-order valence-corrected chi connectivity index (χ2v) is 5.17. The number of likely N-dealkylation sites (N-methyl/N-ethyl adjacent to an activating group) is 2. The summed E-state index contributed by atoms with van der Waals surface area (Å²) < 4.78 is 0. The zero-order valence-electron chi connectivity index (χ0n) is 13.7. The maximum absolute atomic E-state index is 11.7. The van der Waals surface area contributed by atoms with E-state index in [0.29, 0.717) is 0 Å². The van der Waals surface area contributed by atoms with Crippen molar-refractivity contribution in [1.82, 2.24) is 9.80 Å². The SMILES string of the molecule is CN(C)C(=O)C(=O)C/C(C(=O)O)=C(/CC(=O)C(=O)N(C)C)C(=O)O. The Kier molecular flexibility index (Phi) is 7.47. The summed E-state index contributed by atoms with van der Waals surface area (Å²) in [7, 11) is 5.06. The van der Waals surface area contributed by atoms with Crippen molar-refractivity contribution in [2.75, 3.05) is 28.2 Å². The highest BCUT2D eigenvalue weighted by molar-refractivity contribution is 6.38. The van der Waals surface area contributed by atoms with Crippen LogP contribution in [0.5, 0.6) is 0 Å². The molecule has 0 heterocycles. The van der Waals surface area contributed by atoms with Crippen LogP contribution in [0.4, 0.5) is 0 Å². The summed E-state index contributed by atoms with van der Waals surface area (Å²) in [6, 6.07) is 0. The van der Waals surface area contributed by atoms with E-state index in [1.165, 1.54) is 28.2 Å². The van der Waals surface area contributed by atoms with Crippen LogP contribution >= 0.6 is 0 Å². The average Bonchev–Trinajstić information content (AvgIpc) is 2.47. The van der Waals surface area contributed by atoms with E-state index in [9.17, 15) is 28.8 Å². The predicted molar refractivity (Wildman–Crippen MR) is 78.9 cm³/mol. The van der Waals surface area contributed by atoms with Crippen molar-refractivity contribution < 1.29 is 39.0 Å². The Bertz CT molecular complexity index is 577. The minimum Gasteiger partial charge on any atom is -0.478 e. The first-order valence-electron chi connectivity index (χ1n) is 6.57. The molecule has 0 aliphatic rings. The topological polar surface area (TPSA) is 149 Å². The van der Waals surface area contributed by atoms with Gasteiger partial charge >= 0.3 is 11.9 Å². The molecule has 0 atom stereocenters. The third-order valence-corrected chi connectivity index (χ3v) is 2.84. The van der Waals surface area contributed by atoms with Crippen LogP contribution in [0.3, 0.4) is 0 Å². The van der Waals surface area contributed by atoms with Gasteiger partial charge in [0.05, 0.1) is 11.1 Å². The summed E-state index contributed by atoms with van der Waals surface area (Å²) in [4.78, 5) is 70.7. The smallest absolute Gasteiger partial charge is 0.332 e. The van der Waals surface area contributed by atoms with Crippen LogP contribution in [-0.2, 0) is 28.8 Å². The van der Waals surface area contributed by atoms with Gasteiger partial charge in [-0.25, -0.2) is 9.59 Å². The molecule has 2 N–H and O–H groups in total. The molecule has 2 amide bonds. The molecule has 0 radical (unpaired) electrons. The third-order valence-electron chi connectivity index (χ3n) is 2.84. The van der Waals surface area contributed by atoms with Crippen molar-refractivity contribution in [3.8, 4) is 0 Å². The molecule has 0 aliphatic carbocycles. The first-order valence-corrected chi connectivity index (χ1v) is 6.57. The van der Waals surface area contributed by atoms with E-state index in [1.807, 2.05) is 0 Å². The highest BCUT2D eigenvalue weighted by atomic mass is 16.4. The van der Waals surface area contributed by atoms with Crippen molar-refractivity contribution in [2.45, 2.75) is 12.8 Å². The van der Waals surface area contributed by atoms with E-state index in [-0.39, 0.29) is 0 Å². The first-order chi connectivity index (χ1) is 10.9. The van der Waals surface area contributed by atoms with Gasteiger partial charge in [-0.05, 0) is 0 Å². The second kappa shape index (κ2) is 8.56. The number of rotatable bonds is 8. The van der Waals surface area contributed by atoms with E-state index < -0.39 is 59.3 Å². The number of aliphatic carboxylic acids is 2. The molecule has 10 heteroatoms. The van der Waals surface area contributed by atoms with Crippen LogP contribution in [-0.4, -0.2) is 83.5 Å². The molecular weight excluding hydrogens is 324 g/mol. The summed E-state index contributed by atoms with van der Waals surface area (Å²) in [5, 5.41) is 18.2. The van der Waals surface area contributed by atoms with E-state index in [2.05, 4.69) is 0 Å². The Hall–Kier alpha value is -3.04. The Morgan fingerprint density at radius 3 is 1.04 bits per heavy atom. The fourth-order valence-electron chi connectivity index (χ4n) is 1.59. The molecule has 0 bridgehead atoms. The second-order valence-electron chi connectivity index (χ2n) is 5.17. The van der Waals surface area contributed by atoms with Crippen molar-refractivity contribution >= 4 is 35.3 Å². The summed E-state index contributed by atoms with van der Waals surface area (Å²) >= 11 is 0. The van der Waals surface area contributed by atoms with Gasteiger partial charge in [0, 0.05) is 41.0 Å². The molecule has 0 unspecified atom stereocenters. The van der Waals surface area contributed by atoms with E-state index in [4.69, 9.17) is 10.2 Å². The summed E-state index contributed by atoms with van der Waals surface area (Å²) in [5.74, 6) is -7.87. The molecule has 10 nitrogen and oxygen atoms in total. The maximum Gasteiger partial charge on any atom is 0.332 e. The third kappa shape index (κ3) is 5.63. The number of carbonyl (C=O) groups is 6. The zero-order valence-corrected chi connectivity index (χ0v) is 13.7. The van der Waals surface area contributed by atoms with E-state index >= 15 is 0 Å². The number of carbonyl (C=O) groups excluding carboxylic acids is 4. The van der Waals surface area contributed by atoms with E-state index in [0.717, 1.165) is 9.80 Å². The fraction of sp³-hybridized carbons (Fsp3) is 0.429. The van der Waals surface area contributed by atoms with Crippen molar-refractivity contribution in [3.63, 3.8) is 0 Å². The Labute approximate surface area is 137 Å². The Morgan fingerprint density at radius 1 is 0.625 bits per heavy atom. The molecule has 0 saturated heterocycles. The lowest BCUT2D eigenvalue weighted by Gasteiger charge is -2.12.